The fraction of sp³-hybridized carbons (Fsp3) is 0. The van der Waals surface area contributed by atoms with E-state index < -0.39 is 0 Å². The Morgan fingerprint density at radius 2 is 2.00 bits per heavy atom. The molecule has 0 spiro atoms. The second-order valence-corrected chi connectivity index (χ2v) is 1.92. The Bertz CT molecular complexity index is 173. The molecule has 0 aliphatic heterocycles. The Balaban J connectivity index is 0.000000640. The fourth-order valence-corrected chi connectivity index (χ4v) is 0.661. The van der Waals surface area contributed by atoms with Gasteiger partial charge >= 0.3 is 0 Å². The molecule has 3 heteroatoms. The smallest absolute Gasteiger partial charge is 0.117 e. The first-order valence-electron chi connectivity index (χ1n) is 2.23. The zero-order valence-electron chi connectivity index (χ0n) is 4.63. The van der Waals surface area contributed by atoms with Crippen LogP contribution in [0.4, 0.5) is 0 Å². The van der Waals surface area contributed by atoms with Crippen LogP contribution in [0.2, 0.25) is 5.02 Å². The van der Waals surface area contributed by atoms with E-state index in [1.165, 1.54) is 6.07 Å². The van der Waals surface area contributed by atoms with Crippen LogP contribution in [0.1, 0.15) is 0 Å². The van der Waals surface area contributed by atoms with Gasteiger partial charge in [0.2, 0.25) is 0 Å². The molecule has 0 saturated carbocycles. The van der Waals surface area contributed by atoms with Gasteiger partial charge in [-0.1, -0.05) is 17.7 Å². The van der Waals surface area contributed by atoms with E-state index in [-0.39, 0.29) is 32.0 Å². The van der Waals surface area contributed by atoms with Gasteiger partial charge in [-0.2, -0.15) is 0 Å². The van der Waals surface area contributed by atoms with Gasteiger partial charge in [0.25, 0.3) is 0 Å². The van der Waals surface area contributed by atoms with Gasteiger partial charge in [0, 0.05) is 31.2 Å². The number of aromatic hydroxyl groups is 1. The zero-order valence-corrected chi connectivity index (χ0v) is 7.85. The molecule has 0 atom stereocenters. The largest absolute Gasteiger partial charge is 0.508 e. The van der Waals surface area contributed by atoms with Crippen molar-refractivity contribution in [2.24, 2.45) is 0 Å². The molecule has 0 fully saturated rings. The Hall–Kier alpha value is 0.193. The van der Waals surface area contributed by atoms with Crippen LogP contribution in [0.3, 0.4) is 0 Å². The minimum atomic E-state index is 0. The van der Waals surface area contributed by atoms with Gasteiger partial charge in [0.1, 0.15) is 5.75 Å². The van der Waals surface area contributed by atoms with E-state index in [1.54, 1.807) is 18.2 Å². The molecule has 0 heterocycles. The maximum Gasteiger partial charge on any atom is 0.117 e. The Kier molecular flexibility index (Phi) is 4.17. The molecule has 0 aromatic heterocycles. The minimum Gasteiger partial charge on any atom is -0.508 e. The number of hydrogen-bond donors (Lipinski definition) is 1. The topological polar surface area (TPSA) is 20.2 Å². The van der Waals surface area contributed by atoms with Crippen molar-refractivity contribution in [3.8, 4) is 5.75 Å². The van der Waals surface area contributed by atoms with E-state index in [2.05, 4.69) is 0 Å². The summed E-state index contributed by atoms with van der Waals surface area (Å²) in [5.74, 6) is 0.206. The molecule has 0 amide bonds. The minimum absolute atomic E-state index is 0. The summed E-state index contributed by atoms with van der Waals surface area (Å²) in [6.45, 7) is 0. The summed E-state index contributed by atoms with van der Waals surface area (Å²) in [4.78, 5) is 0. The fourth-order valence-electron chi connectivity index (χ4n) is 0.476. The van der Waals surface area contributed by atoms with Crippen LogP contribution in [-0.4, -0.2) is 5.11 Å². The summed E-state index contributed by atoms with van der Waals surface area (Å²) < 4.78 is 0. The molecule has 46 valence electrons. The SMILES string of the molecule is Oc1cccc(Cl)c1.[Zr]. The number of halogens is 1. The summed E-state index contributed by atoms with van der Waals surface area (Å²) >= 11 is 5.48. The van der Waals surface area contributed by atoms with Crippen LogP contribution >= 0.6 is 11.6 Å². The van der Waals surface area contributed by atoms with E-state index in [9.17, 15) is 0 Å². The van der Waals surface area contributed by atoms with Crippen molar-refractivity contribution >= 4 is 11.6 Å². The third kappa shape index (κ3) is 3.02. The summed E-state index contributed by atoms with van der Waals surface area (Å²) in [6, 6.07) is 6.46. The van der Waals surface area contributed by atoms with Crippen molar-refractivity contribution in [2.45, 2.75) is 0 Å². The van der Waals surface area contributed by atoms with Crippen LogP contribution in [0.25, 0.3) is 0 Å². The van der Waals surface area contributed by atoms with Gasteiger partial charge in [-0.25, -0.2) is 0 Å². The third-order valence-corrected chi connectivity index (χ3v) is 1.04. The summed E-state index contributed by atoms with van der Waals surface area (Å²) in [5.41, 5.74) is 0. The number of phenolic OH excluding ortho intramolecular Hbond substituents is 1. The van der Waals surface area contributed by atoms with Crippen LogP contribution in [0, 0.1) is 0 Å². The van der Waals surface area contributed by atoms with E-state index in [1.807, 2.05) is 0 Å². The van der Waals surface area contributed by atoms with E-state index >= 15 is 0 Å². The van der Waals surface area contributed by atoms with Gasteiger partial charge in [0.05, 0.1) is 0 Å². The zero-order chi connectivity index (χ0) is 5.98. The van der Waals surface area contributed by atoms with Gasteiger partial charge < -0.3 is 5.11 Å². The van der Waals surface area contributed by atoms with Crippen LogP contribution in [0.5, 0.6) is 5.75 Å². The number of benzene rings is 1. The standard InChI is InChI=1S/C6H5ClO.Zr/c7-5-2-1-3-6(8)4-5;/h1-4,8H;. The normalized spacial score (nSPS) is 8.11. The Labute approximate surface area is 77.8 Å². The van der Waals surface area contributed by atoms with Crippen molar-refractivity contribution < 1.29 is 31.3 Å². The maximum atomic E-state index is 8.73. The molecule has 0 saturated heterocycles. The molecule has 0 aliphatic rings. The first-order valence-corrected chi connectivity index (χ1v) is 2.61. The second kappa shape index (κ2) is 4.08. The van der Waals surface area contributed by atoms with Gasteiger partial charge in [-0.15, -0.1) is 0 Å². The molecule has 0 radical (unpaired) electrons. The molecule has 1 rings (SSSR count). The number of phenols is 1. The monoisotopic (exact) mass is 218 g/mol. The van der Waals surface area contributed by atoms with Crippen molar-refractivity contribution in [3.05, 3.63) is 29.3 Å². The molecule has 9 heavy (non-hydrogen) atoms. The summed E-state index contributed by atoms with van der Waals surface area (Å²) in [7, 11) is 0. The summed E-state index contributed by atoms with van der Waals surface area (Å²) in [5, 5.41) is 9.29. The molecular formula is C6H5ClOZr. The third-order valence-electron chi connectivity index (χ3n) is 0.808. The molecule has 1 aromatic rings. The van der Waals surface area contributed by atoms with Crippen molar-refractivity contribution in [3.63, 3.8) is 0 Å². The Morgan fingerprint density at radius 1 is 1.33 bits per heavy atom. The number of hydrogen-bond acceptors (Lipinski definition) is 1. The predicted octanol–water partition coefficient (Wildman–Crippen LogP) is 2.04. The molecule has 0 unspecified atom stereocenters. The molecule has 0 bridgehead atoms. The molecule has 1 aromatic carbocycles. The maximum absolute atomic E-state index is 8.73. The van der Waals surface area contributed by atoms with Gasteiger partial charge in [-0.05, 0) is 18.2 Å². The van der Waals surface area contributed by atoms with Crippen LogP contribution in [0.15, 0.2) is 24.3 Å². The summed E-state index contributed by atoms with van der Waals surface area (Å²) in [6.07, 6.45) is 0. The van der Waals surface area contributed by atoms with Crippen LogP contribution < -0.4 is 0 Å². The second-order valence-electron chi connectivity index (χ2n) is 1.48. The average molecular weight is 220 g/mol. The van der Waals surface area contributed by atoms with Crippen molar-refractivity contribution in [2.75, 3.05) is 0 Å². The van der Waals surface area contributed by atoms with Crippen molar-refractivity contribution in [1.82, 2.24) is 0 Å². The Morgan fingerprint density at radius 3 is 2.33 bits per heavy atom. The van der Waals surface area contributed by atoms with E-state index in [4.69, 9.17) is 16.7 Å². The molecular weight excluding hydrogens is 215 g/mol. The molecule has 0 aliphatic carbocycles. The van der Waals surface area contributed by atoms with Crippen LogP contribution in [-0.2, 0) is 26.2 Å². The first-order chi connectivity index (χ1) is 3.79. The molecule has 1 N–H and O–H groups in total. The average Bonchev–Trinajstić information content (AvgIpc) is 1.64. The quantitative estimate of drug-likeness (QED) is 0.708. The number of rotatable bonds is 0. The van der Waals surface area contributed by atoms with E-state index in [0.717, 1.165) is 0 Å². The van der Waals surface area contributed by atoms with E-state index in [0.29, 0.717) is 5.02 Å². The van der Waals surface area contributed by atoms with Gasteiger partial charge in [-0.3, -0.25) is 0 Å². The molecule has 1 nitrogen and oxygen atoms in total. The van der Waals surface area contributed by atoms with Gasteiger partial charge in [0.15, 0.2) is 0 Å². The predicted molar refractivity (Wildman–Crippen MR) is 33.1 cm³/mol. The van der Waals surface area contributed by atoms with Crippen molar-refractivity contribution in [1.29, 1.82) is 0 Å². The first kappa shape index (κ1) is 9.19.